The predicted molar refractivity (Wildman–Crippen MR) is 67.5 cm³/mol. The monoisotopic (exact) mass is 271 g/mol. The number of anilines is 1. The zero-order chi connectivity index (χ0) is 12.3. The van der Waals surface area contributed by atoms with E-state index in [9.17, 15) is 0 Å². The van der Waals surface area contributed by atoms with E-state index in [1.165, 1.54) is 6.20 Å². The first-order chi connectivity index (χ1) is 8.15. The second-order valence-corrected chi connectivity index (χ2v) is 4.41. The number of aromatic nitrogens is 2. The normalized spacial score (nSPS) is 12.4. The predicted octanol–water partition coefficient (Wildman–Crippen LogP) is 3.42. The van der Waals surface area contributed by atoms with Crippen molar-refractivity contribution in [2.24, 2.45) is 0 Å². The number of halogens is 2. The summed E-state index contributed by atoms with van der Waals surface area (Å²) in [5, 5.41) is 3.78. The van der Waals surface area contributed by atoms with Crippen molar-refractivity contribution in [3.05, 3.63) is 40.7 Å². The van der Waals surface area contributed by atoms with Crippen molar-refractivity contribution in [2.75, 3.05) is 5.32 Å². The molecule has 0 aliphatic rings. The molecule has 0 amide bonds. The number of rotatable bonds is 4. The Morgan fingerprint density at radius 3 is 3.00 bits per heavy atom. The van der Waals surface area contributed by atoms with E-state index < -0.39 is 0 Å². The number of furan rings is 1. The Balaban J connectivity index is 2.02. The fraction of sp³-hybridized carbons (Fsp3) is 0.273. The highest BCUT2D eigenvalue weighted by Crippen LogP contribution is 2.20. The van der Waals surface area contributed by atoms with E-state index in [1.807, 2.05) is 19.1 Å². The van der Waals surface area contributed by atoms with Gasteiger partial charge in [0.05, 0.1) is 12.5 Å². The summed E-state index contributed by atoms with van der Waals surface area (Å²) in [5.41, 5.74) is 0. The van der Waals surface area contributed by atoms with Crippen LogP contribution in [0.4, 0.5) is 5.82 Å². The molecule has 1 unspecified atom stereocenters. The molecule has 17 heavy (non-hydrogen) atoms. The molecule has 0 spiro atoms. The minimum Gasteiger partial charge on any atom is -0.469 e. The Labute approximate surface area is 109 Å². The van der Waals surface area contributed by atoms with Crippen molar-refractivity contribution < 1.29 is 4.42 Å². The SMILES string of the molecule is CC(Cc1ccco1)Nc1nc(Cl)ncc1Cl. The van der Waals surface area contributed by atoms with E-state index in [-0.39, 0.29) is 11.3 Å². The second-order valence-electron chi connectivity index (χ2n) is 3.66. The van der Waals surface area contributed by atoms with Crippen molar-refractivity contribution in [1.29, 1.82) is 0 Å². The molecule has 0 aliphatic carbocycles. The molecule has 2 aromatic heterocycles. The molecular formula is C11H11Cl2N3O. The van der Waals surface area contributed by atoms with Crippen LogP contribution < -0.4 is 5.32 Å². The lowest BCUT2D eigenvalue weighted by molar-refractivity contribution is 0.497. The van der Waals surface area contributed by atoms with Crippen LogP contribution in [0.5, 0.6) is 0 Å². The maximum Gasteiger partial charge on any atom is 0.224 e. The fourth-order valence-electron chi connectivity index (χ4n) is 1.46. The van der Waals surface area contributed by atoms with Crippen molar-refractivity contribution >= 4 is 29.0 Å². The largest absolute Gasteiger partial charge is 0.469 e. The van der Waals surface area contributed by atoms with E-state index in [4.69, 9.17) is 27.6 Å². The van der Waals surface area contributed by atoms with Crippen molar-refractivity contribution in [2.45, 2.75) is 19.4 Å². The molecule has 0 aliphatic heterocycles. The van der Waals surface area contributed by atoms with Gasteiger partial charge in [-0.3, -0.25) is 0 Å². The fourth-order valence-corrected chi connectivity index (χ4v) is 1.74. The zero-order valence-electron chi connectivity index (χ0n) is 9.15. The molecule has 0 saturated heterocycles. The van der Waals surface area contributed by atoms with Crippen molar-refractivity contribution in [1.82, 2.24) is 9.97 Å². The summed E-state index contributed by atoms with van der Waals surface area (Å²) in [5.74, 6) is 1.44. The Morgan fingerprint density at radius 2 is 2.29 bits per heavy atom. The van der Waals surface area contributed by atoms with Crippen LogP contribution >= 0.6 is 23.2 Å². The van der Waals surface area contributed by atoms with Gasteiger partial charge in [-0.1, -0.05) is 11.6 Å². The molecule has 0 fully saturated rings. The van der Waals surface area contributed by atoms with Gasteiger partial charge in [-0.05, 0) is 30.7 Å². The lowest BCUT2D eigenvalue weighted by Gasteiger charge is -2.13. The van der Waals surface area contributed by atoms with Gasteiger partial charge < -0.3 is 9.73 Å². The molecule has 0 radical (unpaired) electrons. The maximum absolute atomic E-state index is 5.95. The molecule has 0 saturated carbocycles. The van der Waals surface area contributed by atoms with Gasteiger partial charge in [-0.25, -0.2) is 4.98 Å². The van der Waals surface area contributed by atoms with Crippen molar-refractivity contribution in [3.63, 3.8) is 0 Å². The number of nitrogens with zero attached hydrogens (tertiary/aromatic N) is 2. The highest BCUT2D eigenvalue weighted by Gasteiger charge is 2.10. The van der Waals surface area contributed by atoms with Crippen LogP contribution in [0.25, 0.3) is 0 Å². The topological polar surface area (TPSA) is 51.0 Å². The molecule has 1 N–H and O–H groups in total. The van der Waals surface area contributed by atoms with E-state index in [2.05, 4.69) is 15.3 Å². The van der Waals surface area contributed by atoms with Crippen LogP contribution in [0.1, 0.15) is 12.7 Å². The van der Waals surface area contributed by atoms with E-state index in [1.54, 1.807) is 6.26 Å². The molecule has 90 valence electrons. The molecule has 2 heterocycles. The first kappa shape index (κ1) is 12.2. The molecule has 2 rings (SSSR count). The molecule has 2 aromatic rings. The van der Waals surface area contributed by atoms with Gasteiger partial charge in [-0.15, -0.1) is 0 Å². The number of hydrogen-bond acceptors (Lipinski definition) is 4. The summed E-state index contributed by atoms with van der Waals surface area (Å²) >= 11 is 11.7. The van der Waals surface area contributed by atoms with Crippen molar-refractivity contribution in [3.8, 4) is 0 Å². The summed E-state index contributed by atoms with van der Waals surface area (Å²) in [6.07, 6.45) is 3.86. The summed E-state index contributed by atoms with van der Waals surface area (Å²) in [6, 6.07) is 3.91. The standard InChI is InChI=1S/C11H11Cl2N3O/c1-7(5-8-3-2-4-17-8)15-10-9(12)6-14-11(13)16-10/h2-4,6-7H,5H2,1H3,(H,14,15,16). The minimum absolute atomic E-state index is 0.129. The molecule has 0 aromatic carbocycles. The minimum atomic E-state index is 0.129. The summed E-state index contributed by atoms with van der Waals surface area (Å²) in [6.45, 7) is 2.01. The maximum atomic E-state index is 5.95. The highest BCUT2D eigenvalue weighted by molar-refractivity contribution is 6.33. The number of nitrogens with one attached hydrogen (secondary N) is 1. The zero-order valence-corrected chi connectivity index (χ0v) is 10.7. The van der Waals surface area contributed by atoms with Crippen LogP contribution in [-0.4, -0.2) is 16.0 Å². The lowest BCUT2D eigenvalue weighted by atomic mass is 10.2. The number of hydrogen-bond donors (Lipinski definition) is 1. The second kappa shape index (κ2) is 5.38. The molecule has 1 atom stereocenters. The van der Waals surface area contributed by atoms with Crippen LogP contribution in [0.3, 0.4) is 0 Å². The van der Waals surface area contributed by atoms with Crippen LogP contribution in [0.15, 0.2) is 29.0 Å². The van der Waals surface area contributed by atoms with Gasteiger partial charge in [0, 0.05) is 12.5 Å². The first-order valence-electron chi connectivity index (χ1n) is 5.12. The van der Waals surface area contributed by atoms with Crippen LogP contribution in [0.2, 0.25) is 10.3 Å². The third-order valence-corrected chi connectivity index (χ3v) is 2.64. The van der Waals surface area contributed by atoms with Gasteiger partial charge in [0.1, 0.15) is 16.6 Å². The smallest absolute Gasteiger partial charge is 0.224 e. The average molecular weight is 272 g/mol. The Kier molecular flexibility index (Phi) is 3.86. The molecular weight excluding hydrogens is 261 g/mol. The summed E-state index contributed by atoms with van der Waals surface area (Å²) in [4.78, 5) is 7.81. The quantitative estimate of drug-likeness (QED) is 0.866. The third kappa shape index (κ3) is 3.35. The van der Waals surface area contributed by atoms with Gasteiger partial charge in [-0.2, -0.15) is 4.98 Å². The molecule has 4 nitrogen and oxygen atoms in total. The summed E-state index contributed by atoms with van der Waals surface area (Å²) < 4.78 is 5.26. The van der Waals surface area contributed by atoms with Gasteiger partial charge in [0.25, 0.3) is 0 Å². The molecule has 6 heteroatoms. The van der Waals surface area contributed by atoms with Gasteiger partial charge in [0.15, 0.2) is 0 Å². The third-order valence-electron chi connectivity index (χ3n) is 2.19. The first-order valence-corrected chi connectivity index (χ1v) is 5.87. The van der Waals surface area contributed by atoms with E-state index in [0.717, 1.165) is 12.2 Å². The summed E-state index contributed by atoms with van der Waals surface area (Å²) in [7, 11) is 0. The van der Waals surface area contributed by atoms with E-state index in [0.29, 0.717) is 10.8 Å². The van der Waals surface area contributed by atoms with Crippen LogP contribution in [-0.2, 0) is 6.42 Å². The Morgan fingerprint density at radius 1 is 1.47 bits per heavy atom. The Hall–Kier alpha value is -1.26. The van der Waals surface area contributed by atoms with E-state index >= 15 is 0 Å². The molecule has 0 bridgehead atoms. The van der Waals surface area contributed by atoms with Crippen LogP contribution in [0, 0.1) is 0 Å². The van der Waals surface area contributed by atoms with Gasteiger partial charge >= 0.3 is 0 Å². The average Bonchev–Trinajstić information content (AvgIpc) is 2.76. The lowest BCUT2D eigenvalue weighted by Crippen LogP contribution is -2.19. The highest BCUT2D eigenvalue weighted by atomic mass is 35.5. The Bertz CT molecular complexity index is 487. The van der Waals surface area contributed by atoms with Gasteiger partial charge in [0.2, 0.25) is 5.28 Å².